The number of para-hydroxylation sites is 1. The predicted octanol–water partition coefficient (Wildman–Crippen LogP) is 1.97. The normalized spacial score (nSPS) is 11.8. The fourth-order valence-electron chi connectivity index (χ4n) is 1.38. The van der Waals surface area contributed by atoms with Crippen LogP contribution in [0.2, 0.25) is 0 Å². The molecule has 1 aromatic rings. The van der Waals surface area contributed by atoms with Crippen LogP contribution in [0.3, 0.4) is 0 Å². The van der Waals surface area contributed by atoms with Crippen molar-refractivity contribution in [3.05, 3.63) is 30.3 Å². The molecule has 0 heterocycles. The third kappa shape index (κ3) is 4.08. The maximum absolute atomic E-state index is 11.6. The van der Waals surface area contributed by atoms with Crippen LogP contribution in [0.5, 0.6) is 5.75 Å². The molecule has 1 unspecified atom stereocenters. The minimum Gasteiger partial charge on any atom is -0.467 e. The van der Waals surface area contributed by atoms with Crippen LogP contribution >= 0.6 is 0 Å². The smallest absolute Gasteiger partial charge is 0.413 e. The number of hydrogen-bond acceptors (Lipinski definition) is 4. The standard InChI is InChI=1S/C13H17NO4/c1-9(2)11(12(15)17-3)14-13(16)18-10-7-5-4-6-8-10/h4-9,11H,1-3H3,(H,14,16). The Bertz CT molecular complexity index is 403. The Labute approximate surface area is 106 Å². The number of methoxy groups -OCH3 is 1. The number of esters is 1. The van der Waals surface area contributed by atoms with E-state index in [4.69, 9.17) is 4.74 Å². The molecule has 1 aromatic carbocycles. The summed E-state index contributed by atoms with van der Waals surface area (Å²) in [5.74, 6) is -0.154. The first-order valence-corrected chi connectivity index (χ1v) is 5.65. The lowest BCUT2D eigenvalue weighted by molar-refractivity contribution is -0.144. The Balaban J connectivity index is 2.60. The summed E-state index contributed by atoms with van der Waals surface area (Å²) in [5, 5.41) is 2.48. The highest BCUT2D eigenvalue weighted by Crippen LogP contribution is 2.09. The van der Waals surface area contributed by atoms with Crippen LogP contribution in [0.15, 0.2) is 30.3 Å². The van der Waals surface area contributed by atoms with Crippen molar-refractivity contribution < 1.29 is 19.1 Å². The first-order chi connectivity index (χ1) is 8.54. The van der Waals surface area contributed by atoms with Gasteiger partial charge in [0.05, 0.1) is 7.11 Å². The van der Waals surface area contributed by atoms with Gasteiger partial charge >= 0.3 is 12.1 Å². The Hall–Kier alpha value is -2.04. The van der Waals surface area contributed by atoms with Crippen LogP contribution in [0, 0.1) is 5.92 Å². The molecule has 98 valence electrons. The lowest BCUT2D eigenvalue weighted by atomic mass is 10.1. The number of carbonyl (C=O) groups excluding carboxylic acids is 2. The second-order valence-corrected chi connectivity index (χ2v) is 4.09. The van der Waals surface area contributed by atoms with Gasteiger partial charge in [-0.1, -0.05) is 32.0 Å². The van der Waals surface area contributed by atoms with Crippen LogP contribution in [0.25, 0.3) is 0 Å². The highest BCUT2D eigenvalue weighted by Gasteiger charge is 2.25. The number of rotatable bonds is 4. The highest BCUT2D eigenvalue weighted by atomic mass is 16.6. The average molecular weight is 251 g/mol. The Kier molecular flexibility index (Phi) is 5.17. The summed E-state index contributed by atoms with van der Waals surface area (Å²) in [6, 6.07) is 7.91. The molecule has 0 bridgehead atoms. The van der Waals surface area contributed by atoms with Gasteiger partial charge < -0.3 is 14.8 Å². The zero-order chi connectivity index (χ0) is 13.5. The molecule has 1 atom stereocenters. The Morgan fingerprint density at radius 1 is 1.17 bits per heavy atom. The molecule has 18 heavy (non-hydrogen) atoms. The van der Waals surface area contributed by atoms with Gasteiger partial charge in [-0.15, -0.1) is 0 Å². The zero-order valence-electron chi connectivity index (χ0n) is 10.7. The summed E-state index contributed by atoms with van der Waals surface area (Å²) >= 11 is 0. The van der Waals surface area contributed by atoms with E-state index < -0.39 is 18.1 Å². The summed E-state index contributed by atoms with van der Waals surface area (Å²) in [6.07, 6.45) is -0.676. The second-order valence-electron chi connectivity index (χ2n) is 4.09. The van der Waals surface area contributed by atoms with Crippen LogP contribution < -0.4 is 10.1 Å². The monoisotopic (exact) mass is 251 g/mol. The predicted molar refractivity (Wildman–Crippen MR) is 66.2 cm³/mol. The molecule has 1 amide bonds. The van der Waals surface area contributed by atoms with Crippen LogP contribution in [-0.4, -0.2) is 25.2 Å². The maximum Gasteiger partial charge on any atom is 0.413 e. The van der Waals surface area contributed by atoms with Gasteiger partial charge in [0.15, 0.2) is 0 Å². The van der Waals surface area contributed by atoms with Crippen molar-refractivity contribution in [2.24, 2.45) is 5.92 Å². The van der Waals surface area contributed by atoms with E-state index in [0.29, 0.717) is 5.75 Å². The second kappa shape index (κ2) is 6.64. The molecule has 0 radical (unpaired) electrons. The third-order valence-corrected chi connectivity index (χ3v) is 2.35. The topological polar surface area (TPSA) is 64.6 Å². The van der Waals surface area contributed by atoms with Crippen LogP contribution in [0.1, 0.15) is 13.8 Å². The molecule has 0 aliphatic rings. The summed E-state index contributed by atoms with van der Waals surface area (Å²) in [5.41, 5.74) is 0. The fourth-order valence-corrected chi connectivity index (χ4v) is 1.38. The lowest BCUT2D eigenvalue weighted by Crippen LogP contribution is -2.46. The molecule has 0 aliphatic carbocycles. The summed E-state index contributed by atoms with van der Waals surface area (Å²) in [7, 11) is 1.28. The summed E-state index contributed by atoms with van der Waals surface area (Å²) < 4.78 is 9.65. The Morgan fingerprint density at radius 3 is 2.28 bits per heavy atom. The third-order valence-electron chi connectivity index (χ3n) is 2.35. The number of nitrogens with one attached hydrogen (secondary N) is 1. The lowest BCUT2D eigenvalue weighted by Gasteiger charge is -2.19. The average Bonchev–Trinajstić information content (AvgIpc) is 2.36. The van der Waals surface area contributed by atoms with Crippen molar-refractivity contribution in [1.82, 2.24) is 5.32 Å². The van der Waals surface area contributed by atoms with Gasteiger partial charge in [-0.25, -0.2) is 9.59 Å². The molecule has 5 nitrogen and oxygen atoms in total. The molecular formula is C13H17NO4. The largest absolute Gasteiger partial charge is 0.467 e. The van der Waals surface area contributed by atoms with Gasteiger partial charge in [-0.2, -0.15) is 0 Å². The molecule has 1 N–H and O–H groups in total. The molecule has 5 heteroatoms. The van der Waals surface area contributed by atoms with Crippen molar-refractivity contribution in [1.29, 1.82) is 0 Å². The molecule has 0 saturated heterocycles. The van der Waals surface area contributed by atoms with Crippen molar-refractivity contribution in [2.45, 2.75) is 19.9 Å². The van der Waals surface area contributed by atoms with Crippen molar-refractivity contribution in [2.75, 3.05) is 7.11 Å². The van der Waals surface area contributed by atoms with E-state index in [9.17, 15) is 9.59 Å². The molecule has 0 fully saturated rings. The van der Waals surface area contributed by atoms with Gasteiger partial charge in [-0.3, -0.25) is 0 Å². The zero-order valence-corrected chi connectivity index (χ0v) is 10.7. The van der Waals surface area contributed by atoms with E-state index in [1.165, 1.54) is 7.11 Å². The molecule has 1 rings (SSSR count). The van der Waals surface area contributed by atoms with E-state index in [-0.39, 0.29) is 5.92 Å². The van der Waals surface area contributed by atoms with Gasteiger partial charge in [0.1, 0.15) is 11.8 Å². The maximum atomic E-state index is 11.6. The molecule has 0 saturated carbocycles. The minimum absolute atomic E-state index is 0.0826. The van der Waals surface area contributed by atoms with Crippen molar-refractivity contribution in [3.63, 3.8) is 0 Å². The molecule has 0 aromatic heterocycles. The number of ether oxygens (including phenoxy) is 2. The van der Waals surface area contributed by atoms with Crippen molar-refractivity contribution >= 4 is 12.1 Å². The van der Waals surface area contributed by atoms with Gasteiger partial charge in [0.25, 0.3) is 0 Å². The SMILES string of the molecule is COC(=O)C(NC(=O)Oc1ccccc1)C(C)C. The first-order valence-electron chi connectivity index (χ1n) is 5.65. The first kappa shape index (κ1) is 14.0. The number of hydrogen-bond donors (Lipinski definition) is 1. The molecule has 0 aliphatic heterocycles. The number of carbonyl (C=O) groups is 2. The molecular weight excluding hydrogens is 234 g/mol. The van der Waals surface area contributed by atoms with Gasteiger partial charge in [0, 0.05) is 0 Å². The quantitative estimate of drug-likeness (QED) is 0.831. The fraction of sp³-hybridized carbons (Fsp3) is 0.385. The van der Waals surface area contributed by atoms with E-state index in [1.54, 1.807) is 24.3 Å². The van der Waals surface area contributed by atoms with E-state index in [2.05, 4.69) is 10.1 Å². The van der Waals surface area contributed by atoms with Gasteiger partial charge in [0.2, 0.25) is 0 Å². The van der Waals surface area contributed by atoms with E-state index in [1.807, 2.05) is 19.9 Å². The van der Waals surface area contributed by atoms with E-state index in [0.717, 1.165) is 0 Å². The van der Waals surface area contributed by atoms with Crippen molar-refractivity contribution in [3.8, 4) is 5.75 Å². The highest BCUT2D eigenvalue weighted by molar-refractivity contribution is 5.82. The number of benzene rings is 1. The minimum atomic E-state index is -0.716. The summed E-state index contributed by atoms with van der Waals surface area (Å²) in [4.78, 5) is 23.1. The van der Waals surface area contributed by atoms with Gasteiger partial charge in [-0.05, 0) is 18.1 Å². The van der Waals surface area contributed by atoms with Crippen LogP contribution in [-0.2, 0) is 9.53 Å². The Morgan fingerprint density at radius 2 is 1.78 bits per heavy atom. The van der Waals surface area contributed by atoms with Crippen LogP contribution in [0.4, 0.5) is 4.79 Å². The molecule has 0 spiro atoms. The van der Waals surface area contributed by atoms with E-state index >= 15 is 0 Å². The number of amides is 1. The summed E-state index contributed by atoms with van der Waals surface area (Å²) in [6.45, 7) is 3.62.